The molecule has 2 heterocycles. The second kappa shape index (κ2) is 5.57. The smallest absolute Gasteiger partial charge is 0.352 e. The molecular weight excluding hydrogens is 311 g/mol. The van der Waals surface area contributed by atoms with Crippen molar-refractivity contribution in [3.8, 4) is 0 Å². The van der Waals surface area contributed by atoms with Crippen LogP contribution in [0.5, 0.6) is 0 Å². The molecule has 2 aromatic heterocycles. The summed E-state index contributed by atoms with van der Waals surface area (Å²) < 4.78 is 38.2. The molecule has 0 aliphatic carbocycles. The minimum absolute atomic E-state index is 0.109. The van der Waals surface area contributed by atoms with E-state index >= 15 is 0 Å². The summed E-state index contributed by atoms with van der Waals surface area (Å²) in [6.07, 6.45) is -4.55. The van der Waals surface area contributed by atoms with Gasteiger partial charge in [-0.15, -0.1) is 11.3 Å². The van der Waals surface area contributed by atoms with E-state index in [0.29, 0.717) is 0 Å². The van der Waals surface area contributed by atoms with E-state index in [1.165, 1.54) is 11.3 Å². The largest absolute Gasteiger partial charge is 0.433 e. The highest BCUT2D eigenvalue weighted by Gasteiger charge is 2.34. The lowest BCUT2D eigenvalue weighted by molar-refractivity contribution is -0.141. The van der Waals surface area contributed by atoms with Gasteiger partial charge in [0.15, 0.2) is 5.69 Å². The van der Waals surface area contributed by atoms with Crippen LogP contribution in [-0.2, 0) is 6.18 Å². The van der Waals surface area contributed by atoms with Gasteiger partial charge in [-0.05, 0) is 30.0 Å². The summed E-state index contributed by atoms with van der Waals surface area (Å²) in [4.78, 5) is 9.74. The molecule has 2 rings (SSSR count). The fourth-order valence-corrected chi connectivity index (χ4v) is 2.65. The summed E-state index contributed by atoms with van der Waals surface area (Å²) in [6.45, 7) is 1.88. The van der Waals surface area contributed by atoms with Crippen molar-refractivity contribution in [1.82, 2.24) is 9.97 Å². The quantitative estimate of drug-likeness (QED) is 0.784. The zero-order chi connectivity index (χ0) is 14.9. The molecule has 1 unspecified atom stereocenters. The fraction of sp³-hybridized carbons (Fsp3) is 0.333. The van der Waals surface area contributed by atoms with Crippen molar-refractivity contribution in [2.45, 2.75) is 19.1 Å². The molecule has 108 valence electrons. The van der Waals surface area contributed by atoms with E-state index in [2.05, 4.69) is 9.97 Å². The van der Waals surface area contributed by atoms with Crippen LogP contribution in [0, 0.1) is 0 Å². The second-order valence-corrected chi connectivity index (χ2v) is 5.50. The first kappa shape index (κ1) is 15.1. The predicted octanol–water partition coefficient (Wildman–Crippen LogP) is 4.41. The number of halogens is 4. The Labute approximate surface area is 123 Å². The maximum absolute atomic E-state index is 12.7. The highest BCUT2D eigenvalue weighted by Crippen LogP contribution is 2.33. The average Bonchev–Trinajstić information content (AvgIpc) is 2.89. The lowest BCUT2D eigenvalue weighted by Crippen LogP contribution is -2.23. The monoisotopic (exact) mass is 321 g/mol. The molecule has 0 saturated heterocycles. The fourth-order valence-electron chi connectivity index (χ4n) is 1.65. The van der Waals surface area contributed by atoms with Crippen LogP contribution in [0.4, 0.5) is 19.0 Å². The van der Waals surface area contributed by atoms with Gasteiger partial charge in [0, 0.05) is 18.0 Å². The van der Waals surface area contributed by atoms with Crippen LogP contribution in [0.2, 0.25) is 5.28 Å². The van der Waals surface area contributed by atoms with Crippen LogP contribution in [0.15, 0.2) is 23.6 Å². The van der Waals surface area contributed by atoms with E-state index in [-0.39, 0.29) is 11.9 Å². The Morgan fingerprint density at radius 2 is 2.05 bits per heavy atom. The van der Waals surface area contributed by atoms with E-state index in [4.69, 9.17) is 11.6 Å². The molecule has 0 aliphatic heterocycles. The van der Waals surface area contributed by atoms with E-state index in [1.54, 1.807) is 11.9 Å². The molecule has 1 atom stereocenters. The number of hydrogen-bond donors (Lipinski definition) is 0. The third-order valence-corrected chi connectivity index (χ3v) is 4.08. The Hall–Kier alpha value is -1.34. The number of nitrogens with zero attached hydrogens (tertiary/aromatic N) is 3. The first-order valence-electron chi connectivity index (χ1n) is 5.67. The first-order valence-corrected chi connectivity index (χ1v) is 6.93. The molecule has 0 bridgehead atoms. The lowest BCUT2D eigenvalue weighted by Gasteiger charge is -2.25. The Bertz CT molecular complexity index is 586. The highest BCUT2D eigenvalue weighted by molar-refractivity contribution is 7.10. The molecule has 0 spiro atoms. The van der Waals surface area contributed by atoms with Crippen LogP contribution < -0.4 is 4.90 Å². The van der Waals surface area contributed by atoms with Crippen LogP contribution in [0.25, 0.3) is 0 Å². The second-order valence-electron chi connectivity index (χ2n) is 4.18. The van der Waals surface area contributed by atoms with Crippen molar-refractivity contribution < 1.29 is 13.2 Å². The van der Waals surface area contributed by atoms with Gasteiger partial charge in [0.2, 0.25) is 5.28 Å². The number of hydrogen-bond acceptors (Lipinski definition) is 4. The number of rotatable bonds is 3. The Balaban J connectivity index is 2.35. The van der Waals surface area contributed by atoms with Crippen LogP contribution >= 0.6 is 22.9 Å². The third-order valence-electron chi connectivity index (χ3n) is 2.87. The van der Waals surface area contributed by atoms with Gasteiger partial charge in [-0.2, -0.15) is 13.2 Å². The first-order chi connectivity index (χ1) is 9.29. The lowest BCUT2D eigenvalue weighted by atomic mass is 10.2. The molecule has 2 aromatic rings. The van der Waals surface area contributed by atoms with Crippen molar-refractivity contribution in [2.75, 3.05) is 11.9 Å². The van der Waals surface area contributed by atoms with E-state index in [1.807, 2.05) is 24.4 Å². The topological polar surface area (TPSA) is 29.0 Å². The zero-order valence-electron chi connectivity index (χ0n) is 10.6. The molecule has 0 N–H and O–H groups in total. The van der Waals surface area contributed by atoms with Crippen molar-refractivity contribution >= 4 is 28.8 Å². The molecule has 3 nitrogen and oxygen atoms in total. The Morgan fingerprint density at radius 3 is 2.60 bits per heavy atom. The highest BCUT2D eigenvalue weighted by atomic mass is 35.5. The van der Waals surface area contributed by atoms with Gasteiger partial charge >= 0.3 is 6.18 Å². The number of thiophene rings is 1. The van der Waals surface area contributed by atoms with Gasteiger partial charge in [0.1, 0.15) is 5.82 Å². The van der Waals surface area contributed by atoms with Gasteiger partial charge in [-0.25, -0.2) is 9.97 Å². The van der Waals surface area contributed by atoms with E-state index in [0.717, 1.165) is 10.9 Å². The van der Waals surface area contributed by atoms with Crippen LogP contribution in [-0.4, -0.2) is 17.0 Å². The summed E-state index contributed by atoms with van der Waals surface area (Å²) in [5, 5.41) is 1.49. The summed E-state index contributed by atoms with van der Waals surface area (Å²) in [5.41, 5.74) is -1.04. The van der Waals surface area contributed by atoms with Crippen molar-refractivity contribution in [3.05, 3.63) is 39.4 Å². The SMILES string of the molecule is CC(c1cccs1)N(C)c1cc(C(F)(F)F)nc(Cl)n1. The normalized spacial score (nSPS) is 13.3. The summed E-state index contributed by atoms with van der Waals surface area (Å²) >= 11 is 7.11. The minimum Gasteiger partial charge on any atom is -0.352 e. The molecular formula is C12H11ClF3N3S. The molecule has 20 heavy (non-hydrogen) atoms. The van der Waals surface area contributed by atoms with Gasteiger partial charge in [0.05, 0.1) is 6.04 Å². The van der Waals surface area contributed by atoms with Crippen LogP contribution in [0.3, 0.4) is 0 Å². The van der Waals surface area contributed by atoms with E-state index in [9.17, 15) is 13.2 Å². The summed E-state index contributed by atoms with van der Waals surface area (Å²) in [6, 6.07) is 4.59. The molecule has 0 saturated carbocycles. The third kappa shape index (κ3) is 3.21. The number of aromatic nitrogens is 2. The maximum Gasteiger partial charge on any atom is 0.433 e. The van der Waals surface area contributed by atoms with Gasteiger partial charge in [0.25, 0.3) is 0 Å². The zero-order valence-corrected chi connectivity index (χ0v) is 12.2. The van der Waals surface area contributed by atoms with Gasteiger partial charge in [-0.1, -0.05) is 6.07 Å². The maximum atomic E-state index is 12.7. The van der Waals surface area contributed by atoms with E-state index < -0.39 is 17.2 Å². The molecule has 0 fully saturated rings. The van der Waals surface area contributed by atoms with Crippen LogP contribution in [0.1, 0.15) is 23.5 Å². The molecule has 8 heteroatoms. The van der Waals surface area contributed by atoms with Crippen molar-refractivity contribution in [2.24, 2.45) is 0 Å². The summed E-state index contributed by atoms with van der Waals surface area (Å²) in [5.74, 6) is 0.137. The predicted molar refractivity (Wildman–Crippen MR) is 73.2 cm³/mol. The average molecular weight is 322 g/mol. The molecule has 0 aromatic carbocycles. The molecule has 0 amide bonds. The number of alkyl halides is 3. The summed E-state index contributed by atoms with van der Waals surface area (Å²) in [7, 11) is 1.67. The minimum atomic E-state index is -4.55. The van der Waals surface area contributed by atoms with Gasteiger partial charge < -0.3 is 4.90 Å². The molecule has 0 aliphatic rings. The Kier molecular flexibility index (Phi) is 4.19. The molecule has 0 radical (unpaired) electrons. The van der Waals surface area contributed by atoms with Gasteiger partial charge in [-0.3, -0.25) is 0 Å². The number of anilines is 1. The van der Waals surface area contributed by atoms with Crippen molar-refractivity contribution in [3.63, 3.8) is 0 Å². The standard InChI is InChI=1S/C12H11ClF3N3S/c1-7(8-4-3-5-20-8)19(2)10-6-9(12(14,15)16)17-11(13)18-10/h3-7H,1-2H3. The Morgan fingerprint density at radius 1 is 1.35 bits per heavy atom. The van der Waals surface area contributed by atoms with Crippen molar-refractivity contribution in [1.29, 1.82) is 0 Å².